The highest BCUT2D eigenvalue weighted by molar-refractivity contribution is 5.78. The summed E-state index contributed by atoms with van der Waals surface area (Å²) in [5.41, 5.74) is -0.249. The summed E-state index contributed by atoms with van der Waals surface area (Å²) < 4.78 is 36.3. The van der Waals surface area contributed by atoms with Crippen molar-refractivity contribution in [2.45, 2.75) is 12.7 Å². The van der Waals surface area contributed by atoms with Crippen LogP contribution < -0.4 is 5.32 Å². The predicted molar refractivity (Wildman–Crippen MR) is 60.9 cm³/mol. The molecule has 0 spiro atoms. The van der Waals surface area contributed by atoms with Crippen molar-refractivity contribution in [3.63, 3.8) is 0 Å². The Morgan fingerprint density at radius 1 is 1.28 bits per heavy atom. The Labute approximate surface area is 104 Å². The van der Waals surface area contributed by atoms with Crippen molar-refractivity contribution in [1.82, 2.24) is 5.32 Å². The van der Waals surface area contributed by atoms with E-state index in [1.807, 2.05) is 0 Å². The van der Waals surface area contributed by atoms with Crippen LogP contribution in [0, 0.1) is 11.6 Å². The molecule has 0 aliphatic heterocycles. The molecular formula is C12H15F2NO3. The lowest BCUT2D eigenvalue weighted by molar-refractivity contribution is -0.126. The summed E-state index contributed by atoms with van der Waals surface area (Å²) in [5.74, 6) is -1.97. The molecule has 1 aromatic carbocycles. The van der Waals surface area contributed by atoms with Gasteiger partial charge in [0.15, 0.2) is 6.29 Å². The molecule has 0 aliphatic carbocycles. The number of methoxy groups -OCH3 is 2. The Morgan fingerprint density at radius 2 is 1.83 bits per heavy atom. The maximum Gasteiger partial charge on any atom is 0.224 e. The highest BCUT2D eigenvalue weighted by atomic mass is 19.1. The van der Waals surface area contributed by atoms with Crippen LogP contribution in [0.5, 0.6) is 0 Å². The number of halogens is 2. The Kier molecular flexibility index (Phi) is 5.67. The first kappa shape index (κ1) is 14.5. The molecule has 6 heteroatoms. The van der Waals surface area contributed by atoms with E-state index in [-0.39, 0.29) is 18.5 Å². The third-order valence-corrected chi connectivity index (χ3v) is 2.39. The molecule has 0 atom stereocenters. The Bertz CT molecular complexity index is 388. The van der Waals surface area contributed by atoms with Crippen molar-refractivity contribution in [3.8, 4) is 0 Å². The lowest BCUT2D eigenvalue weighted by atomic mass is 10.1. The average molecular weight is 259 g/mol. The number of amides is 1. The fourth-order valence-corrected chi connectivity index (χ4v) is 1.38. The molecule has 0 heterocycles. The van der Waals surface area contributed by atoms with E-state index in [2.05, 4.69) is 5.32 Å². The van der Waals surface area contributed by atoms with E-state index in [9.17, 15) is 13.6 Å². The summed E-state index contributed by atoms with van der Waals surface area (Å²) in [6.45, 7) is 0.113. The van der Waals surface area contributed by atoms with Gasteiger partial charge >= 0.3 is 0 Å². The van der Waals surface area contributed by atoms with Gasteiger partial charge in [0, 0.05) is 19.8 Å². The van der Waals surface area contributed by atoms with E-state index >= 15 is 0 Å². The molecule has 18 heavy (non-hydrogen) atoms. The van der Waals surface area contributed by atoms with E-state index in [1.54, 1.807) is 0 Å². The number of hydrogen-bond donors (Lipinski definition) is 1. The van der Waals surface area contributed by atoms with Gasteiger partial charge in [-0.2, -0.15) is 0 Å². The molecule has 0 aliphatic rings. The Morgan fingerprint density at radius 3 is 2.33 bits per heavy atom. The molecule has 0 bridgehead atoms. The van der Waals surface area contributed by atoms with Crippen LogP contribution in [-0.4, -0.2) is 33.0 Å². The fourth-order valence-electron chi connectivity index (χ4n) is 1.38. The van der Waals surface area contributed by atoms with E-state index in [0.29, 0.717) is 0 Å². The van der Waals surface area contributed by atoms with Crippen molar-refractivity contribution in [1.29, 1.82) is 0 Å². The molecule has 0 fully saturated rings. The molecule has 0 unspecified atom stereocenters. The first-order valence-corrected chi connectivity index (χ1v) is 5.33. The predicted octanol–water partition coefficient (Wildman–Crippen LogP) is 1.24. The van der Waals surface area contributed by atoms with Gasteiger partial charge in [0.2, 0.25) is 5.91 Å². The smallest absolute Gasteiger partial charge is 0.224 e. The van der Waals surface area contributed by atoms with Crippen molar-refractivity contribution < 1.29 is 23.0 Å². The van der Waals surface area contributed by atoms with Gasteiger partial charge < -0.3 is 14.8 Å². The monoisotopic (exact) mass is 259 g/mol. The number of hydrogen-bond acceptors (Lipinski definition) is 3. The maximum absolute atomic E-state index is 13.3. The second-order valence-electron chi connectivity index (χ2n) is 3.58. The number of benzene rings is 1. The minimum absolute atomic E-state index is 0.113. The summed E-state index contributed by atoms with van der Waals surface area (Å²) in [6.07, 6.45) is -0.946. The molecule has 1 rings (SSSR count). The van der Waals surface area contributed by atoms with Crippen LogP contribution >= 0.6 is 0 Å². The zero-order valence-electron chi connectivity index (χ0n) is 10.2. The number of carbonyl (C=O) groups is 1. The molecular weight excluding hydrogens is 244 g/mol. The molecule has 0 saturated carbocycles. The summed E-state index contributed by atoms with van der Waals surface area (Å²) in [4.78, 5) is 11.5. The molecule has 1 aromatic rings. The van der Waals surface area contributed by atoms with Crippen LogP contribution in [0.4, 0.5) is 8.78 Å². The summed E-state index contributed by atoms with van der Waals surface area (Å²) >= 11 is 0. The second-order valence-corrected chi connectivity index (χ2v) is 3.58. The number of rotatable bonds is 6. The van der Waals surface area contributed by atoms with Crippen molar-refractivity contribution in [2.24, 2.45) is 0 Å². The van der Waals surface area contributed by atoms with Crippen molar-refractivity contribution >= 4 is 5.91 Å². The van der Waals surface area contributed by atoms with Crippen LogP contribution in [-0.2, 0) is 20.7 Å². The third-order valence-electron chi connectivity index (χ3n) is 2.39. The normalized spacial score (nSPS) is 10.7. The molecule has 1 N–H and O–H groups in total. The Balaban J connectivity index is 2.55. The third kappa shape index (κ3) is 4.05. The lowest BCUT2D eigenvalue weighted by Gasteiger charge is -2.14. The van der Waals surface area contributed by atoms with Gasteiger partial charge in [-0.15, -0.1) is 0 Å². The van der Waals surface area contributed by atoms with Crippen LogP contribution in [0.1, 0.15) is 5.56 Å². The number of ether oxygens (including phenoxy) is 2. The zero-order chi connectivity index (χ0) is 13.5. The largest absolute Gasteiger partial charge is 0.354 e. The van der Waals surface area contributed by atoms with Gasteiger partial charge in [0.05, 0.1) is 13.0 Å². The first-order chi connectivity index (χ1) is 8.58. The topological polar surface area (TPSA) is 47.6 Å². The molecule has 0 saturated heterocycles. The standard InChI is InChI=1S/C12H15F2NO3/c1-17-12(18-2)7-15-11(16)6-8-9(13)4-3-5-10(8)14/h3-5,12H,6-7H2,1-2H3,(H,15,16). The van der Waals surface area contributed by atoms with Crippen LogP contribution in [0.3, 0.4) is 0 Å². The van der Waals surface area contributed by atoms with Crippen LogP contribution in [0.15, 0.2) is 18.2 Å². The van der Waals surface area contributed by atoms with Gasteiger partial charge in [-0.05, 0) is 12.1 Å². The number of carbonyl (C=O) groups excluding carboxylic acids is 1. The minimum Gasteiger partial charge on any atom is -0.354 e. The first-order valence-electron chi connectivity index (χ1n) is 5.33. The van der Waals surface area contributed by atoms with Crippen LogP contribution in [0.25, 0.3) is 0 Å². The lowest BCUT2D eigenvalue weighted by Crippen LogP contribution is -2.35. The number of nitrogens with one attached hydrogen (secondary N) is 1. The van der Waals surface area contributed by atoms with Gasteiger partial charge in [-0.1, -0.05) is 6.07 Å². The van der Waals surface area contributed by atoms with E-state index < -0.39 is 23.8 Å². The molecule has 0 radical (unpaired) electrons. The minimum atomic E-state index is -0.736. The molecule has 0 aromatic heterocycles. The van der Waals surface area contributed by atoms with E-state index in [1.165, 1.54) is 20.3 Å². The highest BCUT2D eigenvalue weighted by Crippen LogP contribution is 2.12. The quantitative estimate of drug-likeness (QED) is 0.782. The Hall–Kier alpha value is -1.53. The van der Waals surface area contributed by atoms with E-state index in [4.69, 9.17) is 9.47 Å². The second kappa shape index (κ2) is 7.03. The van der Waals surface area contributed by atoms with Gasteiger partial charge in [-0.25, -0.2) is 8.78 Å². The van der Waals surface area contributed by atoms with Crippen molar-refractivity contribution in [3.05, 3.63) is 35.4 Å². The average Bonchev–Trinajstić information content (AvgIpc) is 2.35. The van der Waals surface area contributed by atoms with Crippen molar-refractivity contribution in [2.75, 3.05) is 20.8 Å². The molecule has 4 nitrogen and oxygen atoms in total. The molecule has 100 valence electrons. The summed E-state index contributed by atoms with van der Waals surface area (Å²) in [7, 11) is 2.85. The summed E-state index contributed by atoms with van der Waals surface area (Å²) in [5, 5.41) is 2.47. The van der Waals surface area contributed by atoms with Gasteiger partial charge in [0.25, 0.3) is 0 Å². The van der Waals surface area contributed by atoms with Crippen LogP contribution in [0.2, 0.25) is 0 Å². The fraction of sp³-hybridized carbons (Fsp3) is 0.417. The van der Waals surface area contributed by atoms with Gasteiger partial charge in [-0.3, -0.25) is 4.79 Å². The maximum atomic E-state index is 13.3. The summed E-state index contributed by atoms with van der Waals surface area (Å²) in [6, 6.07) is 3.47. The SMILES string of the molecule is COC(CNC(=O)Cc1c(F)cccc1F)OC. The highest BCUT2D eigenvalue weighted by Gasteiger charge is 2.14. The van der Waals surface area contributed by atoms with E-state index in [0.717, 1.165) is 12.1 Å². The zero-order valence-corrected chi connectivity index (χ0v) is 10.2. The van der Waals surface area contributed by atoms with Gasteiger partial charge in [0.1, 0.15) is 11.6 Å². The molecule has 1 amide bonds.